The van der Waals surface area contributed by atoms with E-state index in [0.29, 0.717) is 0 Å². The lowest BCUT2D eigenvalue weighted by molar-refractivity contribution is 0.249. The van der Waals surface area contributed by atoms with Gasteiger partial charge in [0.05, 0.1) is 0 Å². The topological polar surface area (TPSA) is 47.5 Å². The van der Waals surface area contributed by atoms with Gasteiger partial charge in [-0.05, 0) is 28.5 Å². The van der Waals surface area contributed by atoms with Gasteiger partial charge >= 0.3 is 0 Å². The predicted octanol–water partition coefficient (Wildman–Crippen LogP) is 6.43. The van der Waals surface area contributed by atoms with Crippen molar-refractivity contribution in [1.82, 2.24) is 14.9 Å². The second kappa shape index (κ2) is 17.8. The van der Waals surface area contributed by atoms with Crippen molar-refractivity contribution in [3.63, 3.8) is 0 Å². The number of nitrogens with one attached hydrogen (secondary N) is 1. The van der Waals surface area contributed by atoms with E-state index >= 15 is 0 Å². The van der Waals surface area contributed by atoms with Gasteiger partial charge in [-0.25, -0.2) is 0 Å². The second-order valence-corrected chi connectivity index (χ2v) is 9.02. The van der Waals surface area contributed by atoms with Crippen LogP contribution in [0.3, 0.4) is 0 Å². The molecule has 0 saturated carbocycles. The number of allylic oxidation sites excluding steroid dienone is 4. The standard InChI is InChI=1S/C21H28N6S.2C3H8/c1-4-5-6-7-9-22-19-15-20(25(2)3)24-21(23-19)27-12-10-26(11-13-27)16-18-8-14-28-17-18;2*1-3-2/h4-9,14-15,17H,1,10-13,16H2,2-3H3,(H,22,23,24);2*3H2,1-2H3/b6-5-,9-7+;;. The van der Waals surface area contributed by atoms with Gasteiger partial charge in [0.25, 0.3) is 0 Å². The van der Waals surface area contributed by atoms with Crippen molar-refractivity contribution in [3.05, 3.63) is 65.5 Å². The van der Waals surface area contributed by atoms with Crippen LogP contribution >= 0.6 is 11.3 Å². The van der Waals surface area contributed by atoms with Crippen molar-refractivity contribution in [3.8, 4) is 0 Å². The summed E-state index contributed by atoms with van der Waals surface area (Å²) in [6, 6.07) is 4.16. The number of nitrogens with zero attached hydrogens (tertiary/aromatic N) is 5. The third-order valence-electron chi connectivity index (χ3n) is 4.49. The zero-order valence-corrected chi connectivity index (χ0v) is 22.8. The Kier molecular flexibility index (Phi) is 15.4. The highest BCUT2D eigenvalue weighted by Crippen LogP contribution is 2.21. The van der Waals surface area contributed by atoms with Crippen LogP contribution in [0.15, 0.2) is 60.0 Å². The van der Waals surface area contributed by atoms with Crippen LogP contribution in [-0.4, -0.2) is 55.1 Å². The van der Waals surface area contributed by atoms with Gasteiger partial charge in [-0.3, -0.25) is 4.90 Å². The highest BCUT2D eigenvalue weighted by molar-refractivity contribution is 7.07. The molecule has 0 bridgehead atoms. The van der Waals surface area contributed by atoms with E-state index in [9.17, 15) is 0 Å². The largest absolute Gasteiger partial charge is 0.363 e. The first-order valence-electron chi connectivity index (χ1n) is 12.2. The van der Waals surface area contributed by atoms with Crippen molar-refractivity contribution in [2.24, 2.45) is 0 Å². The molecule has 0 spiro atoms. The molecule has 0 amide bonds. The first-order valence-corrected chi connectivity index (χ1v) is 13.2. The van der Waals surface area contributed by atoms with E-state index in [4.69, 9.17) is 9.97 Å². The maximum absolute atomic E-state index is 4.75. The normalized spacial score (nSPS) is 13.8. The zero-order chi connectivity index (χ0) is 25.2. The van der Waals surface area contributed by atoms with Gasteiger partial charge in [0.2, 0.25) is 5.95 Å². The summed E-state index contributed by atoms with van der Waals surface area (Å²) in [5, 5.41) is 7.61. The lowest BCUT2D eigenvalue weighted by Crippen LogP contribution is -2.46. The minimum Gasteiger partial charge on any atom is -0.363 e. The van der Waals surface area contributed by atoms with Gasteiger partial charge in [0.15, 0.2) is 0 Å². The van der Waals surface area contributed by atoms with Crippen LogP contribution in [0.5, 0.6) is 0 Å². The quantitative estimate of drug-likeness (QED) is 0.436. The zero-order valence-electron chi connectivity index (χ0n) is 22.0. The molecule has 188 valence electrons. The SMILES string of the molecule is C=C/C=C\C=C\Nc1cc(N(C)C)nc(N2CCN(Cc3ccsc3)CC2)n1.CCC.CCC. The third-order valence-corrected chi connectivity index (χ3v) is 5.22. The molecule has 1 aliphatic heterocycles. The summed E-state index contributed by atoms with van der Waals surface area (Å²) in [6.45, 7) is 17.1. The summed E-state index contributed by atoms with van der Waals surface area (Å²) < 4.78 is 0. The Morgan fingerprint density at radius 2 is 1.71 bits per heavy atom. The van der Waals surface area contributed by atoms with E-state index in [1.54, 1.807) is 17.4 Å². The lowest BCUT2D eigenvalue weighted by atomic mass is 10.2. The van der Waals surface area contributed by atoms with E-state index in [0.717, 1.165) is 50.3 Å². The van der Waals surface area contributed by atoms with E-state index in [1.165, 1.54) is 18.4 Å². The number of hydrogen-bond donors (Lipinski definition) is 1. The molecule has 3 rings (SSSR count). The molecule has 0 atom stereocenters. The molecule has 3 heterocycles. The third kappa shape index (κ3) is 11.5. The van der Waals surface area contributed by atoms with Crippen LogP contribution in [0.25, 0.3) is 0 Å². The second-order valence-electron chi connectivity index (χ2n) is 8.24. The maximum atomic E-state index is 4.75. The molecule has 0 aliphatic carbocycles. The van der Waals surface area contributed by atoms with Crippen molar-refractivity contribution in [1.29, 1.82) is 0 Å². The Morgan fingerprint density at radius 3 is 2.26 bits per heavy atom. The van der Waals surface area contributed by atoms with Gasteiger partial charge in [-0.15, -0.1) is 0 Å². The fraction of sp³-hybridized carbons (Fsp3) is 0.481. The van der Waals surface area contributed by atoms with Gasteiger partial charge < -0.3 is 15.1 Å². The highest BCUT2D eigenvalue weighted by Gasteiger charge is 2.20. The van der Waals surface area contributed by atoms with Gasteiger partial charge in [0, 0.05) is 59.1 Å². The van der Waals surface area contributed by atoms with Gasteiger partial charge in [0.1, 0.15) is 11.6 Å². The smallest absolute Gasteiger partial charge is 0.229 e. The average molecular weight is 485 g/mol. The number of thiophene rings is 1. The minimum absolute atomic E-state index is 0.777. The first-order chi connectivity index (χ1) is 16.5. The maximum Gasteiger partial charge on any atom is 0.229 e. The predicted molar refractivity (Wildman–Crippen MR) is 152 cm³/mol. The number of rotatable bonds is 8. The Balaban J connectivity index is 0.000000872. The average Bonchev–Trinajstić information content (AvgIpc) is 3.33. The van der Waals surface area contributed by atoms with Crippen LogP contribution in [-0.2, 0) is 6.54 Å². The van der Waals surface area contributed by atoms with Crippen LogP contribution < -0.4 is 15.1 Å². The Hall–Kier alpha value is -2.64. The molecule has 0 radical (unpaired) electrons. The molecule has 2 aromatic rings. The Labute approximate surface area is 211 Å². The van der Waals surface area contributed by atoms with Crippen LogP contribution in [0.1, 0.15) is 46.1 Å². The molecule has 0 unspecified atom stereocenters. The highest BCUT2D eigenvalue weighted by atomic mass is 32.1. The summed E-state index contributed by atoms with van der Waals surface area (Å²) in [7, 11) is 3.99. The van der Waals surface area contributed by atoms with Crippen molar-refractivity contribution in [2.45, 2.75) is 47.1 Å². The van der Waals surface area contributed by atoms with Crippen LogP contribution in [0, 0.1) is 0 Å². The minimum atomic E-state index is 0.777. The summed E-state index contributed by atoms with van der Waals surface area (Å²) in [6.07, 6.45) is 11.8. The molecule has 1 fully saturated rings. The molecular weight excluding hydrogens is 440 g/mol. The Bertz CT molecular complexity index is 835. The van der Waals surface area contributed by atoms with E-state index in [-0.39, 0.29) is 0 Å². The summed E-state index contributed by atoms with van der Waals surface area (Å²) >= 11 is 1.76. The summed E-state index contributed by atoms with van der Waals surface area (Å²) in [4.78, 5) is 16.2. The number of piperazine rings is 1. The molecule has 1 saturated heterocycles. The molecule has 7 heteroatoms. The monoisotopic (exact) mass is 484 g/mol. The van der Waals surface area contributed by atoms with Gasteiger partial charge in [-0.1, -0.05) is 65.3 Å². The molecule has 0 aromatic carbocycles. The lowest BCUT2D eigenvalue weighted by Gasteiger charge is -2.35. The van der Waals surface area contributed by atoms with Crippen molar-refractivity contribution >= 4 is 28.9 Å². The van der Waals surface area contributed by atoms with Gasteiger partial charge in [-0.2, -0.15) is 21.3 Å². The summed E-state index contributed by atoms with van der Waals surface area (Å²) in [5.74, 6) is 2.46. The fourth-order valence-corrected chi connectivity index (χ4v) is 3.60. The molecular formula is C27H44N6S. The molecule has 1 aliphatic rings. The number of anilines is 3. The molecule has 2 aromatic heterocycles. The number of aromatic nitrogens is 2. The molecule has 6 nitrogen and oxygen atoms in total. The van der Waals surface area contributed by atoms with E-state index < -0.39 is 0 Å². The van der Waals surface area contributed by atoms with E-state index in [1.807, 2.05) is 49.5 Å². The van der Waals surface area contributed by atoms with Crippen LogP contribution in [0.2, 0.25) is 0 Å². The number of hydrogen-bond acceptors (Lipinski definition) is 7. The summed E-state index contributed by atoms with van der Waals surface area (Å²) in [5.41, 5.74) is 1.40. The van der Waals surface area contributed by atoms with Crippen LogP contribution in [0.4, 0.5) is 17.6 Å². The molecule has 1 N–H and O–H groups in total. The first kappa shape index (κ1) is 29.4. The van der Waals surface area contributed by atoms with E-state index in [2.05, 4.69) is 66.2 Å². The fourth-order valence-electron chi connectivity index (χ4n) is 2.95. The van der Waals surface area contributed by atoms with Crippen molar-refractivity contribution < 1.29 is 0 Å². The Morgan fingerprint density at radius 1 is 1.03 bits per heavy atom. The molecule has 34 heavy (non-hydrogen) atoms. The van der Waals surface area contributed by atoms with Crippen molar-refractivity contribution in [2.75, 3.05) is 55.4 Å².